The molecule has 366 valence electrons. The van der Waals surface area contributed by atoms with E-state index in [1.807, 2.05) is 27.2 Å². The zero-order valence-corrected chi connectivity index (χ0v) is 42.5. The molecule has 0 rings (SSSR count). The number of aliphatic hydroxyl groups excluding tert-OH is 1. The molecule has 62 heavy (non-hydrogen) atoms. The quantitative estimate of drug-likeness (QED) is 0.0273. The highest BCUT2D eigenvalue weighted by molar-refractivity contribution is 7.45. The summed E-state index contributed by atoms with van der Waals surface area (Å²) in [7, 11) is 1.24. The number of quaternary nitrogens is 1. The molecule has 0 spiro atoms. The smallest absolute Gasteiger partial charge is 0.268 e. The lowest BCUT2D eigenvalue weighted by atomic mass is 10.0. The molecule has 0 heterocycles. The van der Waals surface area contributed by atoms with Gasteiger partial charge in [-0.1, -0.05) is 224 Å². The fourth-order valence-corrected chi connectivity index (χ4v) is 8.37. The second-order valence-corrected chi connectivity index (χ2v) is 20.6. The fraction of sp³-hybridized carbons (Fsp3) is 0.868. The van der Waals surface area contributed by atoms with E-state index in [4.69, 9.17) is 9.05 Å². The molecule has 0 aliphatic carbocycles. The number of phosphoric ester groups is 1. The first kappa shape index (κ1) is 60.7. The van der Waals surface area contributed by atoms with Crippen LogP contribution < -0.4 is 10.2 Å². The highest BCUT2D eigenvalue weighted by Crippen LogP contribution is 2.38. The van der Waals surface area contributed by atoms with Crippen molar-refractivity contribution in [1.29, 1.82) is 0 Å². The number of aliphatic hydroxyl groups is 1. The number of phosphoric acid groups is 1. The van der Waals surface area contributed by atoms with Gasteiger partial charge in [0.05, 0.1) is 39.9 Å². The van der Waals surface area contributed by atoms with Crippen molar-refractivity contribution in [2.75, 3.05) is 40.9 Å². The van der Waals surface area contributed by atoms with Crippen molar-refractivity contribution in [2.24, 2.45) is 0 Å². The van der Waals surface area contributed by atoms with Crippen molar-refractivity contribution in [3.8, 4) is 0 Å². The van der Waals surface area contributed by atoms with Gasteiger partial charge in [0.2, 0.25) is 5.91 Å². The van der Waals surface area contributed by atoms with Crippen molar-refractivity contribution in [2.45, 2.75) is 257 Å². The summed E-state index contributed by atoms with van der Waals surface area (Å²) in [5.74, 6) is -0.209. The summed E-state index contributed by atoms with van der Waals surface area (Å²) in [6.07, 6.45) is 57.0. The first-order chi connectivity index (χ1) is 30.0. The van der Waals surface area contributed by atoms with Crippen LogP contribution in [-0.2, 0) is 18.4 Å². The summed E-state index contributed by atoms with van der Waals surface area (Å²) in [6, 6.07) is -0.898. The topological polar surface area (TPSA) is 108 Å². The van der Waals surface area contributed by atoms with Crippen LogP contribution in [0.3, 0.4) is 0 Å². The minimum absolute atomic E-state index is 0.00587. The van der Waals surface area contributed by atoms with Crippen LogP contribution in [0.5, 0.6) is 0 Å². The Balaban J connectivity index is 3.84. The van der Waals surface area contributed by atoms with Crippen LogP contribution in [0.4, 0.5) is 0 Å². The SMILES string of the molecule is CCC/C=C/CC/C=C/C(O)C(COP(=O)([O-])OCC[N+](C)(C)C)NC(=O)CCCCCCCCCCCCCCCCCCCCCCC/C=C\CCCCCCCCCC. The molecule has 0 aromatic heterocycles. The van der Waals surface area contributed by atoms with Crippen LogP contribution in [0, 0.1) is 0 Å². The molecule has 0 saturated carbocycles. The molecule has 1 amide bonds. The van der Waals surface area contributed by atoms with E-state index in [-0.39, 0.29) is 12.5 Å². The number of unbranched alkanes of at least 4 members (excludes halogenated alkanes) is 31. The maximum Gasteiger partial charge on any atom is 0.268 e. The van der Waals surface area contributed by atoms with Gasteiger partial charge in [0, 0.05) is 6.42 Å². The Kier molecular flexibility index (Phi) is 44.0. The van der Waals surface area contributed by atoms with E-state index >= 15 is 0 Å². The first-order valence-corrected chi connectivity index (χ1v) is 27.8. The Morgan fingerprint density at radius 3 is 1.37 bits per heavy atom. The van der Waals surface area contributed by atoms with Gasteiger partial charge in [0.15, 0.2) is 0 Å². The number of amides is 1. The summed E-state index contributed by atoms with van der Waals surface area (Å²) < 4.78 is 23.1. The molecule has 0 aromatic carbocycles. The number of nitrogens with one attached hydrogen (secondary N) is 1. The Morgan fingerprint density at radius 1 is 0.548 bits per heavy atom. The molecular weight excluding hydrogens is 792 g/mol. The number of allylic oxidation sites excluding steroid dienone is 5. The van der Waals surface area contributed by atoms with E-state index in [9.17, 15) is 19.4 Å². The third-order valence-corrected chi connectivity index (χ3v) is 12.8. The Hall–Kier alpha value is -1.28. The predicted molar refractivity (Wildman–Crippen MR) is 265 cm³/mol. The molecule has 0 aliphatic heterocycles. The molecular formula is C53H103N2O6P. The minimum Gasteiger partial charge on any atom is -0.756 e. The minimum atomic E-state index is -4.59. The Morgan fingerprint density at radius 2 is 0.935 bits per heavy atom. The van der Waals surface area contributed by atoms with Crippen molar-refractivity contribution in [1.82, 2.24) is 5.32 Å². The van der Waals surface area contributed by atoms with E-state index in [1.54, 1.807) is 6.08 Å². The van der Waals surface area contributed by atoms with Crippen LogP contribution >= 0.6 is 7.82 Å². The van der Waals surface area contributed by atoms with Gasteiger partial charge in [0.25, 0.3) is 7.82 Å². The number of carbonyl (C=O) groups excluding carboxylic acids is 1. The molecule has 9 heteroatoms. The molecule has 0 aromatic rings. The lowest BCUT2D eigenvalue weighted by Crippen LogP contribution is -2.45. The maximum absolute atomic E-state index is 12.8. The average molecular weight is 895 g/mol. The molecule has 3 atom stereocenters. The highest BCUT2D eigenvalue weighted by Gasteiger charge is 2.23. The molecule has 3 unspecified atom stereocenters. The Bertz CT molecular complexity index is 1110. The van der Waals surface area contributed by atoms with Crippen LogP contribution in [0.2, 0.25) is 0 Å². The zero-order chi connectivity index (χ0) is 45.7. The number of hydrogen-bond donors (Lipinski definition) is 2. The van der Waals surface area contributed by atoms with Gasteiger partial charge >= 0.3 is 0 Å². The highest BCUT2D eigenvalue weighted by atomic mass is 31.2. The third kappa shape index (κ3) is 46.7. The Labute approximate surface area is 385 Å². The van der Waals surface area contributed by atoms with Crippen LogP contribution in [0.25, 0.3) is 0 Å². The average Bonchev–Trinajstić information content (AvgIpc) is 3.23. The molecule has 2 N–H and O–H groups in total. The fourth-order valence-electron chi connectivity index (χ4n) is 7.64. The summed E-state index contributed by atoms with van der Waals surface area (Å²) in [5.41, 5.74) is 0. The maximum atomic E-state index is 12.8. The number of carbonyl (C=O) groups is 1. The standard InChI is InChI=1S/C53H103N2O6P/c1-6-8-10-12-14-15-16-17-18-19-20-21-22-23-24-25-26-27-28-29-30-31-32-33-34-35-36-37-38-39-41-43-45-47-53(57)54-51(52(56)46-44-42-40-13-11-9-7-2)50-61-62(58,59)60-49-48-55(3,4)5/h11,13,19-20,44,46,51-52,56H,6-10,12,14-18,21-43,45,47-50H2,1-5H3,(H-,54,57,58,59)/b13-11+,20-19-,46-44+. The van der Waals surface area contributed by atoms with Gasteiger partial charge in [-0.2, -0.15) is 0 Å². The largest absolute Gasteiger partial charge is 0.756 e. The molecule has 0 fully saturated rings. The van der Waals surface area contributed by atoms with Gasteiger partial charge in [-0.05, 0) is 51.4 Å². The van der Waals surface area contributed by atoms with Crippen LogP contribution in [0.15, 0.2) is 36.5 Å². The van der Waals surface area contributed by atoms with E-state index in [0.717, 1.165) is 44.9 Å². The lowest BCUT2D eigenvalue weighted by Gasteiger charge is -2.29. The van der Waals surface area contributed by atoms with Gasteiger partial charge in [-0.3, -0.25) is 9.36 Å². The van der Waals surface area contributed by atoms with Gasteiger partial charge in [0.1, 0.15) is 13.2 Å². The summed E-state index contributed by atoms with van der Waals surface area (Å²) in [5, 5.41) is 13.7. The summed E-state index contributed by atoms with van der Waals surface area (Å²) >= 11 is 0. The van der Waals surface area contributed by atoms with Crippen LogP contribution in [0.1, 0.15) is 245 Å². The summed E-state index contributed by atoms with van der Waals surface area (Å²) in [6.45, 7) is 4.52. The normalized spacial score (nSPS) is 14.4. The van der Waals surface area contributed by atoms with Crippen molar-refractivity contribution >= 4 is 13.7 Å². The molecule has 0 saturated heterocycles. The predicted octanol–water partition coefficient (Wildman–Crippen LogP) is 14.8. The van der Waals surface area contributed by atoms with Gasteiger partial charge in [-0.25, -0.2) is 0 Å². The zero-order valence-electron chi connectivity index (χ0n) is 41.6. The van der Waals surface area contributed by atoms with Crippen LogP contribution in [-0.4, -0.2) is 68.5 Å². The molecule has 0 radical (unpaired) electrons. The molecule has 8 nitrogen and oxygen atoms in total. The number of rotatable bonds is 48. The van der Waals surface area contributed by atoms with Gasteiger partial charge < -0.3 is 28.8 Å². The van der Waals surface area contributed by atoms with Crippen molar-refractivity contribution in [3.05, 3.63) is 36.5 Å². The molecule has 0 aliphatic rings. The van der Waals surface area contributed by atoms with E-state index in [2.05, 4.69) is 43.5 Å². The monoisotopic (exact) mass is 895 g/mol. The van der Waals surface area contributed by atoms with Crippen molar-refractivity contribution < 1.29 is 32.9 Å². The molecule has 0 bridgehead atoms. The first-order valence-electron chi connectivity index (χ1n) is 26.4. The summed E-state index contributed by atoms with van der Waals surface area (Å²) in [4.78, 5) is 25.2. The lowest BCUT2D eigenvalue weighted by molar-refractivity contribution is -0.870. The second kappa shape index (κ2) is 44.9. The number of nitrogens with zero attached hydrogens (tertiary/aromatic N) is 1. The van der Waals surface area contributed by atoms with E-state index in [0.29, 0.717) is 17.4 Å². The van der Waals surface area contributed by atoms with Crippen molar-refractivity contribution in [3.63, 3.8) is 0 Å². The third-order valence-electron chi connectivity index (χ3n) is 11.8. The van der Waals surface area contributed by atoms with E-state index < -0.39 is 26.6 Å². The van der Waals surface area contributed by atoms with Gasteiger partial charge in [-0.15, -0.1) is 0 Å². The number of likely N-dealkylation sites (N-methyl/N-ethyl adjacent to an activating group) is 1. The second-order valence-electron chi connectivity index (χ2n) is 19.2. The number of hydrogen-bond acceptors (Lipinski definition) is 6. The van der Waals surface area contributed by atoms with E-state index in [1.165, 1.54) is 180 Å².